The molecule has 0 aliphatic heterocycles. The Morgan fingerprint density at radius 1 is 1.44 bits per heavy atom. The van der Waals surface area contributed by atoms with Crippen molar-refractivity contribution in [2.45, 2.75) is 13.8 Å². The zero-order valence-electron chi connectivity index (χ0n) is 10.5. The maximum Gasteiger partial charge on any atom is 0.259 e. The van der Waals surface area contributed by atoms with Gasteiger partial charge in [0.25, 0.3) is 5.91 Å². The number of nitrogens with zero attached hydrogens (tertiary/aromatic N) is 1. The number of nitrogens with two attached hydrogens (primary N) is 1. The first-order valence-corrected chi connectivity index (χ1v) is 5.67. The molecule has 0 bridgehead atoms. The Labute approximate surface area is 107 Å². The van der Waals surface area contributed by atoms with Gasteiger partial charge in [0.15, 0.2) is 0 Å². The summed E-state index contributed by atoms with van der Waals surface area (Å²) in [6.45, 7) is 4.80. The van der Waals surface area contributed by atoms with E-state index in [2.05, 4.69) is 13.8 Å². The Kier molecular flexibility index (Phi) is 4.94. The summed E-state index contributed by atoms with van der Waals surface area (Å²) >= 11 is 0. The SMILES string of the molecule is CC(C)COc1ccc(C=C(C#N)C(N)=O)cc1. The van der Waals surface area contributed by atoms with Crippen molar-refractivity contribution in [2.75, 3.05) is 6.61 Å². The topological polar surface area (TPSA) is 76.1 Å². The summed E-state index contributed by atoms with van der Waals surface area (Å²) in [5.74, 6) is 0.501. The van der Waals surface area contributed by atoms with E-state index in [0.717, 1.165) is 11.3 Å². The van der Waals surface area contributed by atoms with E-state index < -0.39 is 5.91 Å². The predicted molar refractivity (Wildman–Crippen MR) is 69.6 cm³/mol. The average molecular weight is 244 g/mol. The van der Waals surface area contributed by atoms with Crippen LogP contribution in [-0.2, 0) is 4.79 Å². The molecular formula is C14H16N2O2. The first kappa shape index (κ1) is 13.8. The summed E-state index contributed by atoms with van der Waals surface area (Å²) in [6, 6.07) is 8.90. The lowest BCUT2D eigenvalue weighted by Gasteiger charge is -2.08. The van der Waals surface area contributed by atoms with E-state index in [4.69, 9.17) is 15.7 Å². The largest absolute Gasteiger partial charge is 0.493 e. The van der Waals surface area contributed by atoms with E-state index >= 15 is 0 Å². The molecule has 2 N–H and O–H groups in total. The molecule has 1 amide bonds. The highest BCUT2D eigenvalue weighted by molar-refractivity contribution is 6.00. The van der Waals surface area contributed by atoms with Crippen molar-refractivity contribution in [3.05, 3.63) is 35.4 Å². The molecule has 18 heavy (non-hydrogen) atoms. The molecule has 0 aliphatic carbocycles. The van der Waals surface area contributed by atoms with Crippen LogP contribution < -0.4 is 10.5 Å². The number of carbonyl (C=O) groups excluding carboxylic acids is 1. The van der Waals surface area contributed by atoms with Crippen molar-refractivity contribution in [3.63, 3.8) is 0 Å². The van der Waals surface area contributed by atoms with Gasteiger partial charge in [0.05, 0.1) is 6.61 Å². The molecule has 0 fully saturated rings. The number of nitriles is 1. The fourth-order valence-corrected chi connectivity index (χ4v) is 1.25. The number of hydrogen-bond donors (Lipinski definition) is 1. The number of amides is 1. The highest BCUT2D eigenvalue weighted by Crippen LogP contribution is 2.15. The first-order valence-electron chi connectivity index (χ1n) is 5.67. The van der Waals surface area contributed by atoms with Crippen molar-refractivity contribution in [1.29, 1.82) is 5.26 Å². The summed E-state index contributed by atoms with van der Waals surface area (Å²) in [5.41, 5.74) is 5.73. The van der Waals surface area contributed by atoms with E-state index in [1.165, 1.54) is 6.08 Å². The third kappa shape index (κ3) is 4.30. The zero-order chi connectivity index (χ0) is 13.5. The Bertz CT molecular complexity index is 482. The van der Waals surface area contributed by atoms with Crippen molar-refractivity contribution >= 4 is 12.0 Å². The van der Waals surface area contributed by atoms with E-state index in [0.29, 0.717) is 12.5 Å². The molecule has 1 aromatic rings. The summed E-state index contributed by atoms with van der Waals surface area (Å²) in [4.78, 5) is 10.9. The number of carbonyl (C=O) groups is 1. The van der Waals surface area contributed by atoms with Crippen LogP contribution in [0.25, 0.3) is 6.08 Å². The van der Waals surface area contributed by atoms with Crippen LogP contribution in [0.2, 0.25) is 0 Å². The first-order chi connectivity index (χ1) is 8.52. The van der Waals surface area contributed by atoms with Gasteiger partial charge in [0.1, 0.15) is 17.4 Å². The van der Waals surface area contributed by atoms with E-state index in [9.17, 15) is 4.79 Å². The normalized spacial score (nSPS) is 11.1. The molecule has 0 radical (unpaired) electrons. The summed E-state index contributed by atoms with van der Waals surface area (Å²) in [7, 11) is 0. The van der Waals surface area contributed by atoms with Crippen molar-refractivity contribution < 1.29 is 9.53 Å². The molecule has 4 nitrogen and oxygen atoms in total. The molecule has 0 heterocycles. The average Bonchev–Trinajstić information content (AvgIpc) is 2.34. The zero-order valence-corrected chi connectivity index (χ0v) is 10.5. The van der Waals surface area contributed by atoms with Gasteiger partial charge >= 0.3 is 0 Å². The summed E-state index contributed by atoms with van der Waals surface area (Å²) in [6.07, 6.45) is 1.45. The molecule has 1 aromatic carbocycles. The van der Waals surface area contributed by atoms with E-state index in [-0.39, 0.29) is 5.57 Å². The van der Waals surface area contributed by atoms with Gasteiger partial charge in [-0.2, -0.15) is 5.26 Å². The predicted octanol–water partition coefficient (Wildman–Crippen LogP) is 2.11. The highest BCUT2D eigenvalue weighted by Gasteiger charge is 2.03. The number of primary amides is 1. The molecule has 0 aliphatic rings. The molecule has 0 unspecified atom stereocenters. The van der Waals surface area contributed by atoms with Gasteiger partial charge in [0, 0.05) is 0 Å². The van der Waals surface area contributed by atoms with Gasteiger partial charge < -0.3 is 10.5 Å². The van der Waals surface area contributed by atoms with Gasteiger partial charge in [-0.1, -0.05) is 26.0 Å². The lowest BCUT2D eigenvalue weighted by atomic mass is 10.1. The van der Waals surface area contributed by atoms with Crippen molar-refractivity contribution in [3.8, 4) is 11.8 Å². The third-order valence-corrected chi connectivity index (χ3v) is 2.16. The van der Waals surface area contributed by atoms with Gasteiger partial charge in [-0.15, -0.1) is 0 Å². The van der Waals surface area contributed by atoms with Crippen LogP contribution in [0.5, 0.6) is 5.75 Å². The number of ether oxygens (including phenoxy) is 1. The van der Waals surface area contributed by atoms with Gasteiger partial charge in [-0.3, -0.25) is 4.79 Å². The maximum atomic E-state index is 10.9. The molecule has 0 saturated heterocycles. The summed E-state index contributed by atoms with van der Waals surface area (Å²) in [5, 5.41) is 8.71. The second-order valence-electron chi connectivity index (χ2n) is 4.31. The number of rotatable bonds is 5. The Balaban J connectivity index is 2.77. The second-order valence-corrected chi connectivity index (χ2v) is 4.31. The van der Waals surface area contributed by atoms with Crippen LogP contribution in [-0.4, -0.2) is 12.5 Å². The maximum absolute atomic E-state index is 10.9. The van der Waals surface area contributed by atoms with Crippen LogP contribution in [0.15, 0.2) is 29.8 Å². The molecular weight excluding hydrogens is 228 g/mol. The molecule has 0 spiro atoms. The molecule has 1 rings (SSSR count). The van der Waals surface area contributed by atoms with Crippen molar-refractivity contribution in [1.82, 2.24) is 0 Å². The van der Waals surface area contributed by atoms with E-state index in [1.54, 1.807) is 30.3 Å². The lowest BCUT2D eigenvalue weighted by molar-refractivity contribution is -0.114. The smallest absolute Gasteiger partial charge is 0.259 e. The monoisotopic (exact) mass is 244 g/mol. The molecule has 0 saturated carbocycles. The number of benzene rings is 1. The molecule has 0 atom stereocenters. The van der Waals surface area contributed by atoms with Crippen molar-refractivity contribution in [2.24, 2.45) is 11.7 Å². The van der Waals surface area contributed by atoms with Crippen LogP contribution in [0.3, 0.4) is 0 Å². The van der Waals surface area contributed by atoms with Gasteiger partial charge in [-0.25, -0.2) is 0 Å². The molecule has 4 heteroatoms. The Hall–Kier alpha value is -2.28. The van der Waals surface area contributed by atoms with Crippen LogP contribution >= 0.6 is 0 Å². The second kappa shape index (κ2) is 6.45. The minimum atomic E-state index is -0.724. The Morgan fingerprint density at radius 3 is 2.50 bits per heavy atom. The van der Waals surface area contributed by atoms with Crippen LogP contribution in [0.1, 0.15) is 19.4 Å². The fraction of sp³-hybridized carbons (Fsp3) is 0.286. The van der Waals surface area contributed by atoms with E-state index in [1.807, 2.05) is 0 Å². The lowest BCUT2D eigenvalue weighted by Crippen LogP contribution is -2.12. The van der Waals surface area contributed by atoms with Gasteiger partial charge in [0.2, 0.25) is 0 Å². The standard InChI is InChI=1S/C14H16N2O2/c1-10(2)9-18-13-5-3-11(4-6-13)7-12(8-15)14(16)17/h3-7,10H,9H2,1-2H3,(H2,16,17). The fourth-order valence-electron chi connectivity index (χ4n) is 1.25. The highest BCUT2D eigenvalue weighted by atomic mass is 16.5. The Morgan fingerprint density at radius 2 is 2.06 bits per heavy atom. The number of hydrogen-bond acceptors (Lipinski definition) is 3. The van der Waals surface area contributed by atoms with Crippen LogP contribution in [0, 0.1) is 17.2 Å². The molecule has 94 valence electrons. The quantitative estimate of drug-likeness (QED) is 0.636. The minimum absolute atomic E-state index is 0.0640. The molecule has 0 aromatic heterocycles. The summed E-state index contributed by atoms with van der Waals surface area (Å²) < 4.78 is 5.52. The minimum Gasteiger partial charge on any atom is -0.493 e. The van der Waals surface area contributed by atoms with Gasteiger partial charge in [-0.05, 0) is 29.7 Å². The third-order valence-electron chi connectivity index (χ3n) is 2.16. The van der Waals surface area contributed by atoms with Crippen LogP contribution in [0.4, 0.5) is 0 Å².